The van der Waals surface area contributed by atoms with E-state index < -0.39 is 0 Å². The summed E-state index contributed by atoms with van der Waals surface area (Å²) in [6.45, 7) is 3.36. The van der Waals surface area contributed by atoms with Gasteiger partial charge in [0.25, 0.3) is 5.91 Å². The first kappa shape index (κ1) is 17.6. The van der Waals surface area contributed by atoms with Crippen LogP contribution in [0.1, 0.15) is 35.7 Å². The molecule has 3 rings (SSSR count). The summed E-state index contributed by atoms with van der Waals surface area (Å²) in [6, 6.07) is 9.10. The van der Waals surface area contributed by atoms with E-state index in [1.54, 1.807) is 35.6 Å². The molecule has 5 nitrogen and oxygen atoms in total. The van der Waals surface area contributed by atoms with Crippen LogP contribution in [-0.4, -0.2) is 36.0 Å². The quantitative estimate of drug-likeness (QED) is 0.859. The third-order valence-electron chi connectivity index (χ3n) is 4.12. The molecule has 1 aromatic heterocycles. The Hall–Kier alpha value is -2.18. The van der Waals surface area contributed by atoms with Gasteiger partial charge >= 0.3 is 0 Å². The van der Waals surface area contributed by atoms with Crippen LogP contribution in [0.2, 0.25) is 0 Å². The van der Waals surface area contributed by atoms with Gasteiger partial charge < -0.3 is 15.0 Å². The maximum Gasteiger partial charge on any atom is 0.254 e. The lowest BCUT2D eigenvalue weighted by molar-refractivity contribution is -0.114. The number of anilines is 1. The molecule has 2 amide bonds. The monoisotopic (exact) mass is 358 g/mol. The Labute approximate surface area is 151 Å². The number of nitrogens with zero attached hydrogens (tertiary/aromatic N) is 1. The lowest BCUT2D eigenvalue weighted by Gasteiger charge is -2.25. The zero-order chi connectivity index (χ0) is 17.6. The molecule has 0 bridgehead atoms. The molecule has 1 aromatic carbocycles. The van der Waals surface area contributed by atoms with E-state index in [9.17, 15) is 9.59 Å². The highest BCUT2D eigenvalue weighted by Gasteiger charge is 2.24. The fraction of sp³-hybridized carbons (Fsp3) is 0.368. The normalized spacial score (nSPS) is 16.6. The zero-order valence-corrected chi connectivity index (χ0v) is 15.1. The van der Waals surface area contributed by atoms with Crippen molar-refractivity contribution in [2.24, 2.45) is 0 Å². The van der Waals surface area contributed by atoms with Crippen molar-refractivity contribution in [3.8, 4) is 0 Å². The lowest BCUT2D eigenvalue weighted by atomic mass is 10.1. The maximum atomic E-state index is 13.1. The molecule has 132 valence electrons. The van der Waals surface area contributed by atoms with Crippen molar-refractivity contribution in [2.75, 3.05) is 18.5 Å². The molecule has 1 atom stereocenters. The van der Waals surface area contributed by atoms with Gasteiger partial charge in [0.2, 0.25) is 5.91 Å². The van der Waals surface area contributed by atoms with Gasteiger partial charge in [-0.05, 0) is 53.4 Å². The molecule has 0 saturated carbocycles. The van der Waals surface area contributed by atoms with Crippen LogP contribution in [0, 0.1) is 0 Å². The molecular weight excluding hydrogens is 336 g/mol. The average molecular weight is 358 g/mol. The Balaban J connectivity index is 1.78. The van der Waals surface area contributed by atoms with Crippen molar-refractivity contribution in [3.05, 3.63) is 52.2 Å². The number of nitrogens with one attached hydrogen (secondary N) is 1. The molecule has 0 spiro atoms. The minimum absolute atomic E-state index is 0.0473. The first-order valence-corrected chi connectivity index (χ1v) is 9.36. The predicted molar refractivity (Wildman–Crippen MR) is 98.8 cm³/mol. The van der Waals surface area contributed by atoms with Gasteiger partial charge in [-0.25, -0.2) is 0 Å². The van der Waals surface area contributed by atoms with Gasteiger partial charge in [-0.2, -0.15) is 11.3 Å². The second-order valence-corrected chi connectivity index (χ2v) is 6.99. The van der Waals surface area contributed by atoms with E-state index in [1.165, 1.54) is 6.92 Å². The minimum Gasteiger partial charge on any atom is -0.376 e. The van der Waals surface area contributed by atoms with Crippen molar-refractivity contribution in [2.45, 2.75) is 32.4 Å². The van der Waals surface area contributed by atoms with Crippen molar-refractivity contribution in [3.63, 3.8) is 0 Å². The second-order valence-electron chi connectivity index (χ2n) is 6.21. The number of hydrogen-bond donors (Lipinski definition) is 1. The molecule has 2 heterocycles. The summed E-state index contributed by atoms with van der Waals surface area (Å²) < 4.78 is 5.72. The molecule has 1 fully saturated rings. The molecule has 1 aliphatic rings. The van der Waals surface area contributed by atoms with Crippen molar-refractivity contribution in [1.29, 1.82) is 0 Å². The minimum atomic E-state index is -0.154. The van der Waals surface area contributed by atoms with Gasteiger partial charge in [0.15, 0.2) is 0 Å². The summed E-state index contributed by atoms with van der Waals surface area (Å²) >= 11 is 1.62. The van der Waals surface area contributed by atoms with E-state index >= 15 is 0 Å². The predicted octanol–water partition coefficient (Wildman–Crippen LogP) is 3.53. The molecular formula is C19H22N2O3S. The highest BCUT2D eigenvalue weighted by atomic mass is 32.1. The SMILES string of the molecule is CC(=O)Nc1cccc(C(=O)N(Cc2ccsc2)C[C@@H]2CCCO2)c1. The number of benzene rings is 1. The van der Waals surface area contributed by atoms with Gasteiger partial charge in [0, 0.05) is 37.9 Å². The van der Waals surface area contributed by atoms with Gasteiger partial charge in [-0.1, -0.05) is 6.07 Å². The lowest BCUT2D eigenvalue weighted by Crippen LogP contribution is -2.36. The van der Waals surface area contributed by atoms with E-state index in [0.717, 1.165) is 25.0 Å². The number of hydrogen-bond acceptors (Lipinski definition) is 4. The largest absolute Gasteiger partial charge is 0.376 e. The zero-order valence-electron chi connectivity index (χ0n) is 14.2. The van der Waals surface area contributed by atoms with Crippen LogP contribution in [0.25, 0.3) is 0 Å². The number of carbonyl (C=O) groups is 2. The molecule has 6 heteroatoms. The van der Waals surface area contributed by atoms with Crippen LogP contribution in [0.4, 0.5) is 5.69 Å². The van der Waals surface area contributed by atoms with Crippen LogP contribution >= 0.6 is 11.3 Å². The van der Waals surface area contributed by atoms with Crippen molar-refractivity contribution in [1.82, 2.24) is 4.90 Å². The van der Waals surface area contributed by atoms with Crippen molar-refractivity contribution < 1.29 is 14.3 Å². The van der Waals surface area contributed by atoms with E-state index in [-0.39, 0.29) is 17.9 Å². The van der Waals surface area contributed by atoms with Gasteiger partial charge in [0.1, 0.15) is 0 Å². The highest BCUT2D eigenvalue weighted by molar-refractivity contribution is 7.07. The number of thiophene rings is 1. The molecule has 25 heavy (non-hydrogen) atoms. The van der Waals surface area contributed by atoms with Crippen LogP contribution in [0.5, 0.6) is 0 Å². The summed E-state index contributed by atoms with van der Waals surface area (Å²) in [4.78, 5) is 26.1. The summed E-state index contributed by atoms with van der Waals surface area (Å²) in [6.07, 6.45) is 2.13. The standard InChI is InChI=1S/C19H22N2O3S/c1-14(22)20-17-5-2-4-16(10-17)19(23)21(11-15-7-9-25-13-15)12-18-6-3-8-24-18/h2,4-5,7,9-10,13,18H,3,6,8,11-12H2,1H3,(H,20,22)/t18-/m0/s1. The summed E-state index contributed by atoms with van der Waals surface area (Å²) in [5.74, 6) is -0.201. The van der Waals surface area contributed by atoms with Crippen molar-refractivity contribution >= 4 is 28.8 Å². The topological polar surface area (TPSA) is 58.6 Å². The van der Waals surface area contributed by atoms with Gasteiger partial charge in [-0.15, -0.1) is 0 Å². The molecule has 0 unspecified atom stereocenters. The maximum absolute atomic E-state index is 13.1. The van der Waals surface area contributed by atoms with Crippen LogP contribution < -0.4 is 5.32 Å². The first-order valence-electron chi connectivity index (χ1n) is 8.41. The number of ether oxygens (including phenoxy) is 1. The molecule has 0 radical (unpaired) electrons. The Bertz CT molecular complexity index is 724. The number of amides is 2. The summed E-state index contributed by atoms with van der Waals surface area (Å²) in [5, 5.41) is 6.80. The Morgan fingerprint density at radius 1 is 1.36 bits per heavy atom. The van der Waals surface area contributed by atoms with Crippen LogP contribution in [0.3, 0.4) is 0 Å². The van der Waals surface area contributed by atoms with E-state index in [1.807, 2.05) is 16.3 Å². The Kier molecular flexibility index (Phi) is 5.83. The summed E-state index contributed by atoms with van der Waals surface area (Å²) in [5.41, 5.74) is 2.32. The van der Waals surface area contributed by atoms with Gasteiger partial charge in [0.05, 0.1) is 6.10 Å². The number of carbonyl (C=O) groups excluding carboxylic acids is 2. The molecule has 1 saturated heterocycles. The third-order valence-corrected chi connectivity index (χ3v) is 4.85. The molecule has 0 aliphatic carbocycles. The van der Waals surface area contributed by atoms with E-state index in [2.05, 4.69) is 10.7 Å². The average Bonchev–Trinajstić information content (AvgIpc) is 3.27. The Morgan fingerprint density at radius 3 is 2.92 bits per heavy atom. The third kappa shape index (κ3) is 4.90. The van der Waals surface area contributed by atoms with E-state index in [4.69, 9.17) is 4.74 Å². The summed E-state index contributed by atoms with van der Waals surface area (Å²) in [7, 11) is 0. The fourth-order valence-electron chi connectivity index (χ4n) is 2.97. The highest BCUT2D eigenvalue weighted by Crippen LogP contribution is 2.19. The van der Waals surface area contributed by atoms with Gasteiger partial charge in [-0.3, -0.25) is 9.59 Å². The molecule has 2 aromatic rings. The second kappa shape index (κ2) is 8.27. The van der Waals surface area contributed by atoms with E-state index in [0.29, 0.717) is 24.3 Å². The first-order chi connectivity index (χ1) is 12.1. The molecule has 1 N–H and O–H groups in total. The number of rotatable bonds is 6. The smallest absolute Gasteiger partial charge is 0.254 e. The molecule has 1 aliphatic heterocycles. The van der Waals surface area contributed by atoms with Crippen LogP contribution in [0.15, 0.2) is 41.1 Å². The Morgan fingerprint density at radius 2 is 2.24 bits per heavy atom. The fourth-order valence-corrected chi connectivity index (χ4v) is 3.63. The van der Waals surface area contributed by atoms with Crippen LogP contribution in [-0.2, 0) is 16.1 Å².